The Morgan fingerprint density at radius 1 is 1.00 bits per heavy atom. The number of hydrogen-bond acceptors (Lipinski definition) is 4. The van der Waals surface area contributed by atoms with Crippen LogP contribution < -0.4 is 5.32 Å². The highest BCUT2D eigenvalue weighted by atomic mass is 35.5. The van der Waals surface area contributed by atoms with Crippen LogP contribution in [0.2, 0.25) is 0 Å². The molecule has 2 amide bonds. The molecule has 2 aliphatic rings. The summed E-state index contributed by atoms with van der Waals surface area (Å²) in [5.41, 5.74) is 0. The molecule has 0 bridgehead atoms. The maximum absolute atomic E-state index is 12.3. The first-order valence-corrected chi connectivity index (χ1v) is 8.65. The summed E-state index contributed by atoms with van der Waals surface area (Å²) in [7, 11) is 0. The van der Waals surface area contributed by atoms with Gasteiger partial charge in [-0.25, -0.2) is 0 Å². The summed E-state index contributed by atoms with van der Waals surface area (Å²) in [5.74, 6) is 0.420. The Balaban J connectivity index is 0.00000264. The van der Waals surface area contributed by atoms with E-state index in [4.69, 9.17) is 0 Å². The van der Waals surface area contributed by atoms with Crippen LogP contribution >= 0.6 is 24.8 Å². The molecule has 0 aliphatic carbocycles. The van der Waals surface area contributed by atoms with Gasteiger partial charge in [0.1, 0.15) is 0 Å². The third-order valence-corrected chi connectivity index (χ3v) is 4.82. The Bertz CT molecular complexity index is 356. The third-order valence-electron chi connectivity index (χ3n) is 4.82. The van der Waals surface area contributed by atoms with Gasteiger partial charge in [-0.15, -0.1) is 24.8 Å². The van der Waals surface area contributed by atoms with Crippen LogP contribution in [-0.4, -0.2) is 84.9 Å². The number of carbonyl (C=O) groups excluding carboxylic acids is 2. The van der Waals surface area contributed by atoms with Crippen LogP contribution in [0.3, 0.4) is 0 Å². The predicted molar refractivity (Wildman–Crippen MR) is 101 cm³/mol. The van der Waals surface area contributed by atoms with Crippen LogP contribution in [0.25, 0.3) is 0 Å². The monoisotopic (exact) mass is 382 g/mol. The molecule has 2 rings (SSSR count). The summed E-state index contributed by atoms with van der Waals surface area (Å²) in [5, 5.41) is 3.37. The lowest BCUT2D eigenvalue weighted by Gasteiger charge is -2.36. The Labute approximate surface area is 158 Å². The van der Waals surface area contributed by atoms with Gasteiger partial charge >= 0.3 is 0 Å². The van der Waals surface area contributed by atoms with Crippen molar-refractivity contribution in [1.29, 1.82) is 0 Å². The second-order valence-electron chi connectivity index (χ2n) is 6.22. The first kappa shape index (κ1) is 23.4. The number of halogens is 2. The minimum Gasteiger partial charge on any atom is -0.339 e. The zero-order valence-corrected chi connectivity index (χ0v) is 16.5. The molecule has 2 saturated heterocycles. The number of rotatable bonds is 6. The van der Waals surface area contributed by atoms with Gasteiger partial charge < -0.3 is 15.1 Å². The SMILES string of the molecule is CCN(CC)CC(=O)N1CCN(C(=O)CC2CCCN2)CC1.Cl.Cl. The second kappa shape index (κ2) is 11.9. The van der Waals surface area contributed by atoms with E-state index in [0.717, 1.165) is 26.1 Å². The van der Waals surface area contributed by atoms with E-state index in [1.165, 1.54) is 6.42 Å². The summed E-state index contributed by atoms with van der Waals surface area (Å²) >= 11 is 0. The second-order valence-corrected chi connectivity index (χ2v) is 6.22. The molecule has 0 radical (unpaired) electrons. The maximum Gasteiger partial charge on any atom is 0.236 e. The Morgan fingerprint density at radius 3 is 2.00 bits per heavy atom. The van der Waals surface area contributed by atoms with Crippen molar-refractivity contribution in [3.63, 3.8) is 0 Å². The van der Waals surface area contributed by atoms with E-state index in [2.05, 4.69) is 24.1 Å². The Kier molecular flexibility index (Phi) is 11.6. The van der Waals surface area contributed by atoms with Crippen molar-refractivity contribution in [2.24, 2.45) is 0 Å². The number of nitrogens with zero attached hydrogens (tertiary/aromatic N) is 3. The highest BCUT2D eigenvalue weighted by Gasteiger charge is 2.26. The van der Waals surface area contributed by atoms with Crippen LogP contribution in [0, 0.1) is 0 Å². The van der Waals surface area contributed by atoms with Crippen molar-refractivity contribution < 1.29 is 9.59 Å². The smallest absolute Gasteiger partial charge is 0.236 e. The van der Waals surface area contributed by atoms with E-state index >= 15 is 0 Å². The normalized spacial score (nSPS) is 20.5. The van der Waals surface area contributed by atoms with Crippen LogP contribution in [0.4, 0.5) is 0 Å². The van der Waals surface area contributed by atoms with Crippen molar-refractivity contribution in [2.45, 2.75) is 39.2 Å². The molecule has 1 atom stereocenters. The highest BCUT2D eigenvalue weighted by Crippen LogP contribution is 2.12. The molecule has 0 aromatic rings. The average Bonchev–Trinajstić information content (AvgIpc) is 3.05. The van der Waals surface area contributed by atoms with E-state index in [0.29, 0.717) is 45.2 Å². The van der Waals surface area contributed by atoms with Crippen molar-refractivity contribution >= 4 is 36.6 Å². The number of nitrogens with one attached hydrogen (secondary N) is 1. The van der Waals surface area contributed by atoms with Gasteiger partial charge in [0, 0.05) is 38.6 Å². The fraction of sp³-hybridized carbons (Fsp3) is 0.875. The zero-order chi connectivity index (χ0) is 15.9. The number of carbonyl (C=O) groups is 2. The minimum atomic E-state index is 0. The quantitative estimate of drug-likeness (QED) is 0.743. The van der Waals surface area contributed by atoms with Gasteiger partial charge in [-0.2, -0.15) is 0 Å². The van der Waals surface area contributed by atoms with Gasteiger partial charge in [-0.05, 0) is 32.5 Å². The molecule has 8 heteroatoms. The molecule has 1 N–H and O–H groups in total. The van der Waals surface area contributed by atoms with Crippen molar-refractivity contribution in [1.82, 2.24) is 20.0 Å². The van der Waals surface area contributed by atoms with Crippen molar-refractivity contribution in [3.8, 4) is 0 Å². The topological polar surface area (TPSA) is 55.9 Å². The molecule has 6 nitrogen and oxygen atoms in total. The van der Waals surface area contributed by atoms with E-state index in [-0.39, 0.29) is 36.6 Å². The van der Waals surface area contributed by atoms with E-state index in [1.54, 1.807) is 0 Å². The van der Waals surface area contributed by atoms with Crippen LogP contribution in [0.5, 0.6) is 0 Å². The molecule has 0 saturated carbocycles. The number of piperazine rings is 1. The molecule has 142 valence electrons. The molecule has 0 aromatic heterocycles. The van der Waals surface area contributed by atoms with Gasteiger partial charge in [-0.3, -0.25) is 14.5 Å². The number of hydrogen-bond donors (Lipinski definition) is 1. The van der Waals surface area contributed by atoms with Crippen LogP contribution in [0.1, 0.15) is 33.1 Å². The summed E-state index contributed by atoms with van der Waals surface area (Å²) in [4.78, 5) is 30.5. The largest absolute Gasteiger partial charge is 0.339 e. The summed E-state index contributed by atoms with van der Waals surface area (Å²) < 4.78 is 0. The lowest BCUT2D eigenvalue weighted by molar-refractivity contribution is -0.140. The first-order valence-electron chi connectivity index (χ1n) is 8.65. The Morgan fingerprint density at radius 2 is 1.54 bits per heavy atom. The molecule has 2 aliphatic heterocycles. The fourth-order valence-corrected chi connectivity index (χ4v) is 3.21. The van der Waals surface area contributed by atoms with Crippen LogP contribution in [0.15, 0.2) is 0 Å². The van der Waals surface area contributed by atoms with Gasteiger partial charge in [0.2, 0.25) is 11.8 Å². The Hall–Kier alpha value is -0.560. The molecule has 2 heterocycles. The standard InChI is InChI=1S/C16H30N4O2.2ClH/c1-3-18(4-2)13-16(22)20-10-8-19(9-11-20)15(21)12-14-6-5-7-17-14;;/h14,17H,3-13H2,1-2H3;2*1H. The molecular weight excluding hydrogens is 351 g/mol. The first-order chi connectivity index (χ1) is 10.6. The molecule has 0 spiro atoms. The van der Waals surface area contributed by atoms with Gasteiger partial charge in [0.25, 0.3) is 0 Å². The molecular formula is C16H32Cl2N4O2. The minimum absolute atomic E-state index is 0. The molecule has 24 heavy (non-hydrogen) atoms. The fourth-order valence-electron chi connectivity index (χ4n) is 3.21. The van der Waals surface area contributed by atoms with Crippen molar-refractivity contribution in [3.05, 3.63) is 0 Å². The summed E-state index contributed by atoms with van der Waals surface area (Å²) in [6.45, 7) is 10.2. The highest BCUT2D eigenvalue weighted by molar-refractivity contribution is 5.85. The van der Waals surface area contributed by atoms with Crippen molar-refractivity contribution in [2.75, 3.05) is 52.4 Å². The summed E-state index contributed by atoms with van der Waals surface area (Å²) in [6.07, 6.45) is 2.88. The third kappa shape index (κ3) is 6.75. The number of amides is 2. The lowest BCUT2D eigenvalue weighted by Crippen LogP contribution is -2.53. The van der Waals surface area contributed by atoms with Crippen LogP contribution in [-0.2, 0) is 9.59 Å². The van der Waals surface area contributed by atoms with Gasteiger partial charge in [0.15, 0.2) is 0 Å². The van der Waals surface area contributed by atoms with E-state index in [9.17, 15) is 9.59 Å². The molecule has 1 unspecified atom stereocenters. The van der Waals surface area contributed by atoms with E-state index in [1.807, 2.05) is 9.80 Å². The maximum atomic E-state index is 12.3. The zero-order valence-electron chi connectivity index (χ0n) is 14.8. The summed E-state index contributed by atoms with van der Waals surface area (Å²) in [6, 6.07) is 0.356. The predicted octanol–water partition coefficient (Wildman–Crippen LogP) is 0.985. The molecule has 2 fully saturated rings. The van der Waals surface area contributed by atoms with E-state index < -0.39 is 0 Å². The lowest BCUT2D eigenvalue weighted by atomic mass is 10.1. The van der Waals surface area contributed by atoms with Gasteiger partial charge in [0.05, 0.1) is 6.54 Å². The van der Waals surface area contributed by atoms with Gasteiger partial charge in [-0.1, -0.05) is 13.8 Å². The molecule has 0 aromatic carbocycles. The average molecular weight is 383 g/mol. The number of likely N-dealkylation sites (N-methyl/N-ethyl adjacent to an activating group) is 1.